The third-order valence-electron chi connectivity index (χ3n) is 3.39. The third-order valence-corrected chi connectivity index (χ3v) is 6.60. The van der Waals surface area contributed by atoms with Gasteiger partial charge in [-0.3, -0.25) is 4.79 Å². The fourth-order valence-corrected chi connectivity index (χ4v) is 3.68. The van der Waals surface area contributed by atoms with Gasteiger partial charge in [-0.15, -0.1) is 24.4 Å². The quantitative estimate of drug-likeness (QED) is 0.295. The van der Waals surface area contributed by atoms with Crippen LogP contribution in [0.4, 0.5) is 5.82 Å². The number of hydrogen-bond acceptors (Lipinski definition) is 8. The molecule has 0 aromatic carbocycles. The van der Waals surface area contributed by atoms with Crippen LogP contribution in [0.25, 0.3) is 0 Å². The lowest BCUT2D eigenvalue weighted by molar-refractivity contribution is -0.116. The Bertz CT molecular complexity index is 612. The van der Waals surface area contributed by atoms with E-state index in [1.165, 1.54) is 16.7 Å². The van der Waals surface area contributed by atoms with Crippen molar-refractivity contribution in [3.05, 3.63) is 28.2 Å². The summed E-state index contributed by atoms with van der Waals surface area (Å²) >= 11 is 10.6. The van der Waals surface area contributed by atoms with E-state index in [9.17, 15) is 9.90 Å². The van der Waals surface area contributed by atoms with Crippen molar-refractivity contribution >= 4 is 49.2 Å². The van der Waals surface area contributed by atoms with Crippen LogP contribution in [-0.2, 0) is 11.3 Å². The van der Waals surface area contributed by atoms with Crippen LogP contribution in [-0.4, -0.2) is 42.8 Å². The molecule has 0 bridgehead atoms. The van der Waals surface area contributed by atoms with E-state index in [1.54, 1.807) is 20.0 Å². The average Bonchev–Trinajstić information content (AvgIpc) is 2.57. The van der Waals surface area contributed by atoms with Gasteiger partial charge in [-0.05, 0) is 26.0 Å². The lowest BCUT2D eigenvalue weighted by Crippen LogP contribution is -2.29. The Morgan fingerprint density at radius 2 is 2.25 bits per heavy atom. The van der Waals surface area contributed by atoms with Crippen LogP contribution >= 0.6 is 37.0 Å². The molecule has 134 valence electrons. The molecule has 0 radical (unpaired) electrons. The Labute approximate surface area is 158 Å². The minimum atomic E-state index is -0.861. The second-order valence-corrected chi connectivity index (χ2v) is 8.19. The molecule has 0 fully saturated rings. The zero-order valence-electron chi connectivity index (χ0n) is 14.1. The van der Waals surface area contributed by atoms with Crippen LogP contribution in [0.3, 0.4) is 0 Å². The van der Waals surface area contributed by atoms with Gasteiger partial charge in [0.05, 0.1) is 13.2 Å². The largest absolute Gasteiger partial charge is 0.394 e. The summed E-state index contributed by atoms with van der Waals surface area (Å²) in [6.45, 7) is 5.58. The number of aromatic nitrogens is 2. The van der Waals surface area contributed by atoms with Crippen molar-refractivity contribution in [2.24, 2.45) is 0 Å². The number of amides is 1. The van der Waals surface area contributed by atoms with E-state index in [0.717, 1.165) is 12.2 Å². The number of thioether (sulfide) groups is 1. The molecule has 6 nitrogen and oxygen atoms in total. The number of carbonyl (C=O) groups excluding carboxylic acids is 1. The number of aliphatic hydroxyl groups excluding tert-OH is 1. The number of hydrogen-bond donors (Lipinski definition) is 4. The minimum absolute atomic E-state index is 0.195. The number of thiol groups is 2. The highest BCUT2D eigenvalue weighted by Gasteiger charge is 2.31. The van der Waals surface area contributed by atoms with Crippen molar-refractivity contribution < 1.29 is 9.90 Å². The van der Waals surface area contributed by atoms with Gasteiger partial charge in [-0.2, -0.15) is 12.6 Å². The van der Waals surface area contributed by atoms with Crippen LogP contribution in [0.5, 0.6) is 0 Å². The molecule has 9 heteroatoms. The van der Waals surface area contributed by atoms with Gasteiger partial charge in [0.2, 0.25) is 6.41 Å². The highest BCUT2D eigenvalue weighted by atomic mass is 32.2. The standard InChI is InChI=1S/C15H24N4O2S3/c1-4-5-24-15(23,8-20)13(22)10(2)19(9-21)7-12-6-17-11(3)18-14(12)16/h6,9,20,22-23H,4-5,7-8H2,1-3H3,(H2,16,17,18)/b13-10-. The Morgan fingerprint density at radius 3 is 2.75 bits per heavy atom. The highest BCUT2D eigenvalue weighted by molar-refractivity contribution is 8.13. The number of carbonyl (C=O) groups is 1. The molecule has 1 rings (SSSR count). The second-order valence-electron chi connectivity index (χ2n) is 5.29. The summed E-state index contributed by atoms with van der Waals surface area (Å²) in [6, 6.07) is 0. The Hall–Kier alpha value is -0.900. The first-order chi connectivity index (χ1) is 11.3. The van der Waals surface area contributed by atoms with Crippen LogP contribution in [0.2, 0.25) is 0 Å². The van der Waals surface area contributed by atoms with Crippen LogP contribution < -0.4 is 5.73 Å². The van der Waals surface area contributed by atoms with E-state index >= 15 is 0 Å². The molecule has 1 atom stereocenters. The number of anilines is 1. The maximum atomic E-state index is 11.5. The van der Waals surface area contributed by atoms with E-state index in [2.05, 4.69) is 35.2 Å². The van der Waals surface area contributed by atoms with Gasteiger partial charge >= 0.3 is 0 Å². The molecule has 0 aliphatic heterocycles. The van der Waals surface area contributed by atoms with E-state index in [-0.39, 0.29) is 13.2 Å². The van der Waals surface area contributed by atoms with Crippen molar-refractivity contribution in [3.8, 4) is 0 Å². The zero-order chi connectivity index (χ0) is 18.3. The number of nitrogens with zero attached hydrogens (tertiary/aromatic N) is 3. The molecule has 1 aromatic heterocycles. The molecule has 24 heavy (non-hydrogen) atoms. The Morgan fingerprint density at radius 1 is 1.58 bits per heavy atom. The van der Waals surface area contributed by atoms with Crippen LogP contribution in [0.1, 0.15) is 31.7 Å². The minimum Gasteiger partial charge on any atom is -0.394 e. The summed E-state index contributed by atoms with van der Waals surface area (Å²) < 4.78 is -0.861. The maximum Gasteiger partial charge on any atom is 0.214 e. The Balaban J connectivity index is 3.10. The van der Waals surface area contributed by atoms with E-state index in [0.29, 0.717) is 34.2 Å². The normalized spacial score (nSPS) is 14.8. The number of rotatable bonds is 9. The van der Waals surface area contributed by atoms with Crippen LogP contribution in [0, 0.1) is 6.92 Å². The predicted molar refractivity (Wildman–Crippen MR) is 106 cm³/mol. The predicted octanol–water partition coefficient (Wildman–Crippen LogP) is 2.25. The fraction of sp³-hybridized carbons (Fsp3) is 0.533. The van der Waals surface area contributed by atoms with Gasteiger partial charge in [0.1, 0.15) is 15.7 Å². The second kappa shape index (κ2) is 9.55. The van der Waals surface area contributed by atoms with Crippen molar-refractivity contribution in [3.63, 3.8) is 0 Å². The summed E-state index contributed by atoms with van der Waals surface area (Å²) in [6.07, 6.45) is 3.24. The van der Waals surface area contributed by atoms with Gasteiger partial charge in [-0.25, -0.2) is 9.97 Å². The van der Waals surface area contributed by atoms with E-state index < -0.39 is 4.08 Å². The lowest BCUT2D eigenvalue weighted by Gasteiger charge is -2.30. The first kappa shape index (κ1) is 21.1. The van der Waals surface area contributed by atoms with Gasteiger partial charge in [0.15, 0.2) is 0 Å². The molecule has 1 amide bonds. The van der Waals surface area contributed by atoms with Gasteiger partial charge in [0, 0.05) is 22.4 Å². The average molecular weight is 389 g/mol. The summed E-state index contributed by atoms with van der Waals surface area (Å²) in [4.78, 5) is 21.7. The fourth-order valence-electron chi connectivity index (χ4n) is 1.93. The number of aliphatic hydroxyl groups is 1. The number of allylic oxidation sites excluding steroid dienone is 1. The smallest absolute Gasteiger partial charge is 0.214 e. The molecule has 0 saturated carbocycles. The molecule has 0 spiro atoms. The molecule has 0 aliphatic carbocycles. The summed E-state index contributed by atoms with van der Waals surface area (Å²) in [5.41, 5.74) is 7.13. The molecule has 3 N–H and O–H groups in total. The highest BCUT2D eigenvalue weighted by Crippen LogP contribution is 2.41. The molecule has 0 saturated heterocycles. The SMILES string of the molecule is CCCSC(S)(CO)/C(S)=C(\C)N(C=O)Cc1cnc(C)nc1N. The molecular weight excluding hydrogens is 364 g/mol. The summed E-state index contributed by atoms with van der Waals surface area (Å²) in [5.74, 6) is 1.73. The molecular formula is C15H24N4O2S3. The van der Waals surface area contributed by atoms with Gasteiger partial charge < -0.3 is 15.7 Å². The first-order valence-electron chi connectivity index (χ1n) is 7.46. The van der Waals surface area contributed by atoms with Crippen molar-refractivity contribution in [1.82, 2.24) is 14.9 Å². The van der Waals surface area contributed by atoms with Crippen molar-refractivity contribution in [2.45, 2.75) is 37.8 Å². The number of nitrogens with two attached hydrogens (primary N) is 1. The van der Waals surface area contributed by atoms with Crippen molar-refractivity contribution in [2.75, 3.05) is 18.1 Å². The summed E-state index contributed by atoms with van der Waals surface area (Å²) in [5, 5.41) is 9.72. The van der Waals surface area contributed by atoms with Gasteiger partial charge in [0.25, 0.3) is 0 Å². The van der Waals surface area contributed by atoms with Gasteiger partial charge in [-0.1, -0.05) is 6.92 Å². The van der Waals surface area contributed by atoms with Crippen LogP contribution in [0.15, 0.2) is 16.8 Å². The lowest BCUT2D eigenvalue weighted by atomic mass is 10.2. The van der Waals surface area contributed by atoms with Crippen molar-refractivity contribution in [1.29, 1.82) is 0 Å². The number of nitrogen functional groups attached to an aromatic ring is 1. The third kappa shape index (κ3) is 5.30. The maximum absolute atomic E-state index is 11.5. The molecule has 0 aliphatic rings. The topological polar surface area (TPSA) is 92.3 Å². The first-order valence-corrected chi connectivity index (χ1v) is 9.34. The number of aryl methyl sites for hydroxylation is 1. The molecule has 1 unspecified atom stereocenters. The molecule has 1 aromatic rings. The monoisotopic (exact) mass is 388 g/mol. The molecule has 1 heterocycles. The van der Waals surface area contributed by atoms with E-state index in [1.807, 2.05) is 6.92 Å². The van der Waals surface area contributed by atoms with E-state index in [4.69, 9.17) is 5.73 Å². The Kier molecular flexibility index (Phi) is 8.41. The zero-order valence-corrected chi connectivity index (χ0v) is 16.7. The summed E-state index contributed by atoms with van der Waals surface area (Å²) in [7, 11) is 0.